The van der Waals surface area contributed by atoms with Gasteiger partial charge in [-0.3, -0.25) is 9.59 Å². The van der Waals surface area contributed by atoms with Gasteiger partial charge in [-0.2, -0.15) is 5.10 Å². The Kier molecular flexibility index (Phi) is 6.31. The minimum Gasteiger partial charge on any atom is -0.481 e. The van der Waals surface area contributed by atoms with E-state index in [1.165, 1.54) is 0 Å². The van der Waals surface area contributed by atoms with E-state index in [0.717, 1.165) is 22.6 Å². The minimum atomic E-state index is -0.936. The number of halogens is 1. The van der Waals surface area contributed by atoms with Crippen LogP contribution < -0.4 is 5.32 Å². The van der Waals surface area contributed by atoms with E-state index in [1.807, 2.05) is 39.8 Å². The van der Waals surface area contributed by atoms with Crippen molar-refractivity contribution in [3.8, 4) is 5.69 Å². The zero-order valence-corrected chi connectivity index (χ0v) is 17.1. The minimum absolute atomic E-state index is 0.0171. The number of carbonyl (C=O) groups excluding carboxylic acids is 1. The molecule has 0 spiro atoms. The Morgan fingerprint density at radius 1 is 1.26 bits per heavy atom. The van der Waals surface area contributed by atoms with Crippen molar-refractivity contribution in [3.05, 3.63) is 46.2 Å². The third-order valence-electron chi connectivity index (χ3n) is 5.07. The highest BCUT2D eigenvalue weighted by Crippen LogP contribution is 2.23. The molecule has 1 aromatic heterocycles. The van der Waals surface area contributed by atoms with Crippen LogP contribution in [-0.4, -0.2) is 32.3 Å². The van der Waals surface area contributed by atoms with Crippen LogP contribution in [0.2, 0.25) is 5.02 Å². The van der Waals surface area contributed by atoms with Crippen LogP contribution in [0.3, 0.4) is 0 Å². The summed E-state index contributed by atoms with van der Waals surface area (Å²) >= 11 is 5.94. The number of amides is 1. The van der Waals surface area contributed by atoms with Crippen molar-refractivity contribution in [2.45, 2.75) is 53.0 Å². The van der Waals surface area contributed by atoms with Gasteiger partial charge in [0.15, 0.2) is 0 Å². The summed E-state index contributed by atoms with van der Waals surface area (Å²) in [6, 6.07) is 7.32. The maximum Gasteiger partial charge on any atom is 0.305 e. The quantitative estimate of drug-likeness (QED) is 0.753. The Morgan fingerprint density at radius 3 is 2.37 bits per heavy atom. The molecule has 7 heteroatoms. The molecule has 6 nitrogen and oxygen atoms in total. The summed E-state index contributed by atoms with van der Waals surface area (Å²) < 4.78 is 1.78. The monoisotopic (exact) mass is 391 g/mol. The maximum absolute atomic E-state index is 12.7. The lowest BCUT2D eigenvalue weighted by atomic mass is 9.85. The number of carboxylic acids is 1. The van der Waals surface area contributed by atoms with Gasteiger partial charge >= 0.3 is 5.97 Å². The molecular formula is C20H26ClN3O3. The van der Waals surface area contributed by atoms with Gasteiger partial charge in [0.2, 0.25) is 5.91 Å². The highest BCUT2D eigenvalue weighted by molar-refractivity contribution is 6.30. The molecule has 0 bridgehead atoms. The fraction of sp³-hybridized carbons (Fsp3) is 0.450. The maximum atomic E-state index is 12.7. The first-order valence-electron chi connectivity index (χ1n) is 8.87. The SMILES string of the molecule is Cc1nn(-c2ccc(Cl)cc2)c(C)c1CC(=O)NC(C)(CC(=O)O)C(C)C. The van der Waals surface area contributed by atoms with Crippen LogP contribution in [0.4, 0.5) is 0 Å². The molecule has 0 aliphatic rings. The van der Waals surface area contributed by atoms with Gasteiger partial charge in [-0.1, -0.05) is 25.4 Å². The molecule has 0 aliphatic carbocycles. The van der Waals surface area contributed by atoms with Gasteiger partial charge in [-0.25, -0.2) is 4.68 Å². The molecule has 2 aromatic rings. The molecule has 0 saturated heterocycles. The summed E-state index contributed by atoms with van der Waals surface area (Å²) in [6.07, 6.45) is 0.0194. The normalized spacial score (nSPS) is 13.4. The molecule has 2 rings (SSSR count). The number of carbonyl (C=O) groups is 2. The lowest BCUT2D eigenvalue weighted by molar-refractivity contribution is -0.139. The Balaban J connectivity index is 2.23. The van der Waals surface area contributed by atoms with Crippen LogP contribution in [0, 0.1) is 19.8 Å². The van der Waals surface area contributed by atoms with Gasteiger partial charge in [0.25, 0.3) is 0 Å². The fourth-order valence-electron chi connectivity index (χ4n) is 2.99. The summed E-state index contributed by atoms with van der Waals surface area (Å²) in [5.74, 6) is -1.17. The standard InChI is InChI=1S/C20H26ClN3O3/c1-12(2)20(5,11-19(26)27)22-18(25)10-17-13(3)23-24(14(17)4)16-8-6-15(21)7-9-16/h6-9,12H,10-11H2,1-5H3,(H,22,25)(H,26,27). The first-order valence-corrected chi connectivity index (χ1v) is 9.25. The number of carboxylic acid groups (broad SMARTS) is 1. The molecule has 0 radical (unpaired) electrons. The molecule has 27 heavy (non-hydrogen) atoms. The lowest BCUT2D eigenvalue weighted by Crippen LogP contribution is -2.51. The van der Waals surface area contributed by atoms with Crippen molar-refractivity contribution in [1.82, 2.24) is 15.1 Å². The summed E-state index contributed by atoms with van der Waals surface area (Å²) in [5.41, 5.74) is 2.53. The van der Waals surface area contributed by atoms with E-state index < -0.39 is 11.5 Å². The second kappa shape index (κ2) is 8.13. The van der Waals surface area contributed by atoms with Crippen LogP contribution in [0.15, 0.2) is 24.3 Å². The van der Waals surface area contributed by atoms with Crippen LogP contribution in [0.1, 0.15) is 44.1 Å². The van der Waals surface area contributed by atoms with Gasteiger partial charge in [0.05, 0.1) is 24.2 Å². The van der Waals surface area contributed by atoms with Gasteiger partial charge < -0.3 is 10.4 Å². The number of aryl methyl sites for hydroxylation is 1. The number of rotatable bonds is 7. The predicted molar refractivity (Wildman–Crippen MR) is 105 cm³/mol. The van der Waals surface area contributed by atoms with E-state index in [2.05, 4.69) is 10.4 Å². The summed E-state index contributed by atoms with van der Waals surface area (Å²) in [4.78, 5) is 23.8. The zero-order chi connectivity index (χ0) is 20.4. The smallest absolute Gasteiger partial charge is 0.305 e. The van der Waals surface area contributed by atoms with E-state index >= 15 is 0 Å². The van der Waals surface area contributed by atoms with Crippen LogP contribution in [0.25, 0.3) is 5.69 Å². The number of nitrogens with one attached hydrogen (secondary N) is 1. The van der Waals surface area contributed by atoms with Crippen molar-refractivity contribution in [1.29, 1.82) is 0 Å². The number of nitrogens with zero attached hydrogens (tertiary/aromatic N) is 2. The molecule has 2 N–H and O–H groups in total. The third-order valence-corrected chi connectivity index (χ3v) is 5.32. The summed E-state index contributed by atoms with van der Waals surface area (Å²) in [7, 11) is 0. The van der Waals surface area contributed by atoms with E-state index in [9.17, 15) is 9.59 Å². The van der Waals surface area contributed by atoms with Gasteiger partial charge in [0, 0.05) is 21.8 Å². The lowest BCUT2D eigenvalue weighted by Gasteiger charge is -2.33. The zero-order valence-electron chi connectivity index (χ0n) is 16.3. The Morgan fingerprint density at radius 2 is 1.85 bits per heavy atom. The van der Waals surface area contributed by atoms with Crippen molar-refractivity contribution >= 4 is 23.5 Å². The van der Waals surface area contributed by atoms with E-state index in [1.54, 1.807) is 23.7 Å². The summed E-state index contributed by atoms with van der Waals surface area (Å²) in [5, 5.41) is 17.3. The molecule has 146 valence electrons. The van der Waals surface area contributed by atoms with Crippen LogP contribution in [-0.2, 0) is 16.0 Å². The molecule has 1 unspecified atom stereocenters. The van der Waals surface area contributed by atoms with E-state index in [-0.39, 0.29) is 24.7 Å². The number of benzene rings is 1. The van der Waals surface area contributed by atoms with Crippen molar-refractivity contribution in [3.63, 3.8) is 0 Å². The third kappa shape index (κ3) is 4.89. The topological polar surface area (TPSA) is 84.2 Å². The molecule has 1 aromatic carbocycles. The second-order valence-corrected chi connectivity index (χ2v) is 7.84. The highest BCUT2D eigenvalue weighted by Gasteiger charge is 2.33. The van der Waals surface area contributed by atoms with Crippen LogP contribution in [0.5, 0.6) is 0 Å². The number of hydrogen-bond acceptors (Lipinski definition) is 3. The van der Waals surface area contributed by atoms with Gasteiger partial charge in [-0.15, -0.1) is 0 Å². The van der Waals surface area contributed by atoms with Crippen molar-refractivity contribution in [2.24, 2.45) is 5.92 Å². The number of hydrogen-bond donors (Lipinski definition) is 2. The molecule has 0 fully saturated rings. The van der Waals surface area contributed by atoms with E-state index in [4.69, 9.17) is 16.7 Å². The highest BCUT2D eigenvalue weighted by atomic mass is 35.5. The number of aliphatic carboxylic acids is 1. The van der Waals surface area contributed by atoms with E-state index in [0.29, 0.717) is 5.02 Å². The molecule has 1 amide bonds. The largest absolute Gasteiger partial charge is 0.481 e. The Bertz CT molecular complexity index is 843. The Labute approximate surface area is 164 Å². The summed E-state index contributed by atoms with van der Waals surface area (Å²) in [6.45, 7) is 9.34. The average molecular weight is 392 g/mol. The molecular weight excluding hydrogens is 366 g/mol. The molecule has 1 atom stereocenters. The average Bonchev–Trinajstić information content (AvgIpc) is 2.82. The van der Waals surface area contributed by atoms with Crippen LogP contribution >= 0.6 is 11.6 Å². The van der Waals surface area contributed by atoms with Gasteiger partial charge in [0.1, 0.15) is 0 Å². The molecule has 0 saturated carbocycles. The predicted octanol–water partition coefficient (Wildman–Crippen LogP) is 3.69. The first-order chi connectivity index (χ1) is 12.5. The van der Waals surface area contributed by atoms with Crippen molar-refractivity contribution < 1.29 is 14.7 Å². The second-order valence-electron chi connectivity index (χ2n) is 7.41. The molecule has 1 heterocycles. The first kappa shape index (κ1) is 21.0. The number of aromatic nitrogens is 2. The fourth-order valence-corrected chi connectivity index (χ4v) is 3.12. The Hall–Kier alpha value is -2.34. The van der Waals surface area contributed by atoms with Crippen molar-refractivity contribution in [2.75, 3.05) is 0 Å². The van der Waals surface area contributed by atoms with Gasteiger partial charge in [-0.05, 0) is 51.0 Å². The molecule has 0 aliphatic heterocycles.